The van der Waals surface area contributed by atoms with Crippen LogP contribution in [0.3, 0.4) is 0 Å². The van der Waals surface area contributed by atoms with Gasteiger partial charge in [-0.15, -0.1) is 11.3 Å². The summed E-state index contributed by atoms with van der Waals surface area (Å²) in [7, 11) is 0. The number of ketones is 1. The molecule has 0 amide bonds. The number of hydrogen-bond donors (Lipinski definition) is 1. The standard InChI is InChI=1S/C22H22O5S/c1-22(2,3)20(23)19-18(16-6-4-5-7-17(16)28-19)27-13-12-26-15-10-8-14(9-11-15)21(24)25/h4-11H,12-13H2,1-3H3,(H,24,25). The first-order chi connectivity index (χ1) is 13.3. The number of rotatable bonds is 7. The lowest BCUT2D eigenvalue weighted by Crippen LogP contribution is -2.20. The summed E-state index contributed by atoms with van der Waals surface area (Å²) in [6, 6.07) is 14.0. The van der Waals surface area contributed by atoms with Gasteiger partial charge in [0, 0.05) is 15.5 Å². The van der Waals surface area contributed by atoms with E-state index in [1.165, 1.54) is 23.5 Å². The minimum Gasteiger partial charge on any atom is -0.490 e. The Kier molecular flexibility index (Phi) is 5.70. The summed E-state index contributed by atoms with van der Waals surface area (Å²) in [5.41, 5.74) is -0.292. The van der Waals surface area contributed by atoms with Crippen LogP contribution < -0.4 is 9.47 Å². The molecular weight excluding hydrogens is 376 g/mol. The summed E-state index contributed by atoms with van der Waals surface area (Å²) >= 11 is 1.45. The second-order valence-electron chi connectivity index (χ2n) is 7.36. The van der Waals surface area contributed by atoms with Crippen molar-refractivity contribution in [3.63, 3.8) is 0 Å². The van der Waals surface area contributed by atoms with Gasteiger partial charge in [0.2, 0.25) is 0 Å². The van der Waals surface area contributed by atoms with Gasteiger partial charge in [0.1, 0.15) is 29.6 Å². The van der Waals surface area contributed by atoms with Gasteiger partial charge >= 0.3 is 5.97 Å². The zero-order chi connectivity index (χ0) is 20.3. The molecule has 0 aliphatic rings. The van der Waals surface area contributed by atoms with Crippen LogP contribution in [0.1, 0.15) is 40.8 Å². The number of carboxylic acid groups (broad SMARTS) is 1. The third-order valence-electron chi connectivity index (χ3n) is 4.14. The maximum Gasteiger partial charge on any atom is 0.335 e. The van der Waals surface area contributed by atoms with Crippen molar-refractivity contribution in [2.75, 3.05) is 13.2 Å². The number of carbonyl (C=O) groups is 2. The highest BCUT2D eigenvalue weighted by molar-refractivity contribution is 7.21. The Morgan fingerprint density at radius 2 is 1.61 bits per heavy atom. The van der Waals surface area contributed by atoms with Crippen molar-refractivity contribution >= 4 is 33.2 Å². The molecule has 0 bridgehead atoms. The quantitative estimate of drug-likeness (QED) is 0.433. The van der Waals surface area contributed by atoms with E-state index in [1.54, 1.807) is 12.1 Å². The topological polar surface area (TPSA) is 72.8 Å². The number of carboxylic acids is 1. The summed E-state index contributed by atoms with van der Waals surface area (Å²) in [4.78, 5) is 24.4. The van der Waals surface area contributed by atoms with E-state index in [0.29, 0.717) is 16.4 Å². The zero-order valence-corrected chi connectivity index (χ0v) is 16.8. The smallest absolute Gasteiger partial charge is 0.335 e. The molecular formula is C22H22O5S. The Hall–Kier alpha value is -2.86. The van der Waals surface area contributed by atoms with Gasteiger partial charge in [0.05, 0.1) is 5.56 Å². The fourth-order valence-electron chi connectivity index (χ4n) is 2.65. The third kappa shape index (κ3) is 4.34. The van der Waals surface area contributed by atoms with E-state index in [-0.39, 0.29) is 24.6 Å². The Balaban J connectivity index is 1.71. The molecule has 146 valence electrons. The Labute approximate surface area is 167 Å². The largest absolute Gasteiger partial charge is 0.490 e. The van der Waals surface area contributed by atoms with Crippen molar-refractivity contribution in [3.05, 3.63) is 59.0 Å². The highest BCUT2D eigenvalue weighted by atomic mass is 32.1. The molecule has 1 heterocycles. The lowest BCUT2D eigenvalue weighted by molar-refractivity contribution is 0.0696. The highest BCUT2D eigenvalue weighted by Crippen LogP contribution is 2.40. The molecule has 5 nitrogen and oxygen atoms in total. The first-order valence-corrected chi connectivity index (χ1v) is 9.74. The third-order valence-corrected chi connectivity index (χ3v) is 5.29. The number of fused-ring (bicyclic) bond motifs is 1. The second-order valence-corrected chi connectivity index (χ2v) is 8.41. The molecule has 0 unspecified atom stereocenters. The minimum absolute atomic E-state index is 0.0499. The van der Waals surface area contributed by atoms with Crippen LogP contribution in [0, 0.1) is 5.41 Å². The molecule has 3 aromatic rings. The SMILES string of the molecule is CC(C)(C)C(=O)c1sc2ccccc2c1OCCOc1ccc(C(=O)O)cc1. The van der Waals surface area contributed by atoms with E-state index in [1.807, 2.05) is 45.0 Å². The van der Waals surface area contributed by atoms with Crippen molar-refractivity contribution in [1.82, 2.24) is 0 Å². The van der Waals surface area contributed by atoms with Crippen LogP contribution in [0.15, 0.2) is 48.5 Å². The zero-order valence-electron chi connectivity index (χ0n) is 16.0. The molecule has 28 heavy (non-hydrogen) atoms. The Morgan fingerprint density at radius 3 is 2.25 bits per heavy atom. The summed E-state index contributed by atoms with van der Waals surface area (Å²) in [6.07, 6.45) is 0. The second kappa shape index (κ2) is 8.02. The summed E-state index contributed by atoms with van der Waals surface area (Å²) in [5.74, 6) is 0.240. The number of ether oxygens (including phenoxy) is 2. The van der Waals surface area contributed by atoms with Crippen LogP contribution in [-0.4, -0.2) is 30.1 Å². The predicted molar refractivity (Wildman–Crippen MR) is 110 cm³/mol. The van der Waals surface area contributed by atoms with Gasteiger partial charge in [-0.25, -0.2) is 4.79 Å². The van der Waals surface area contributed by atoms with Gasteiger partial charge < -0.3 is 14.6 Å². The molecule has 0 spiro atoms. The molecule has 2 aromatic carbocycles. The maximum atomic E-state index is 12.8. The van der Waals surface area contributed by atoms with Crippen LogP contribution in [-0.2, 0) is 0 Å². The van der Waals surface area contributed by atoms with E-state index in [2.05, 4.69) is 0 Å². The summed E-state index contributed by atoms with van der Waals surface area (Å²) in [6.45, 7) is 6.24. The van der Waals surface area contributed by atoms with Crippen molar-refractivity contribution in [1.29, 1.82) is 0 Å². The van der Waals surface area contributed by atoms with E-state index >= 15 is 0 Å². The minimum atomic E-state index is -0.977. The molecule has 0 aliphatic heterocycles. The number of thiophene rings is 1. The number of carbonyl (C=O) groups excluding carboxylic acids is 1. The molecule has 6 heteroatoms. The van der Waals surface area contributed by atoms with Crippen molar-refractivity contribution in [3.8, 4) is 11.5 Å². The Morgan fingerprint density at radius 1 is 0.964 bits per heavy atom. The van der Waals surface area contributed by atoms with Gasteiger partial charge in [-0.2, -0.15) is 0 Å². The van der Waals surface area contributed by atoms with Crippen molar-refractivity contribution in [2.24, 2.45) is 5.41 Å². The molecule has 3 rings (SSSR count). The van der Waals surface area contributed by atoms with Crippen molar-refractivity contribution < 1.29 is 24.2 Å². The van der Waals surface area contributed by atoms with Crippen LogP contribution in [0.4, 0.5) is 0 Å². The normalized spacial score (nSPS) is 11.4. The molecule has 0 radical (unpaired) electrons. The highest BCUT2D eigenvalue weighted by Gasteiger charge is 2.29. The molecule has 0 fully saturated rings. The molecule has 0 atom stereocenters. The first kappa shape index (κ1) is 19.9. The predicted octanol–water partition coefficient (Wildman–Crippen LogP) is 5.29. The average Bonchev–Trinajstić information content (AvgIpc) is 3.02. The van der Waals surface area contributed by atoms with E-state index in [0.717, 1.165) is 10.1 Å². The average molecular weight is 398 g/mol. The lowest BCUT2D eigenvalue weighted by atomic mass is 9.89. The van der Waals surface area contributed by atoms with Crippen LogP contribution in [0.5, 0.6) is 11.5 Å². The van der Waals surface area contributed by atoms with Crippen LogP contribution in [0.25, 0.3) is 10.1 Å². The molecule has 1 aromatic heterocycles. The lowest BCUT2D eigenvalue weighted by Gasteiger charge is -2.17. The maximum absolute atomic E-state index is 12.8. The fourth-order valence-corrected chi connectivity index (χ4v) is 3.95. The number of aromatic carboxylic acids is 1. The molecule has 0 aliphatic carbocycles. The number of Topliss-reactive ketones (excluding diaryl/α,β-unsaturated/α-hetero) is 1. The summed E-state index contributed by atoms with van der Waals surface area (Å²) < 4.78 is 12.6. The molecule has 0 saturated heterocycles. The van der Waals surface area contributed by atoms with Gasteiger partial charge in [-0.3, -0.25) is 4.79 Å². The van der Waals surface area contributed by atoms with Crippen LogP contribution >= 0.6 is 11.3 Å². The van der Waals surface area contributed by atoms with Crippen LogP contribution in [0.2, 0.25) is 0 Å². The van der Waals surface area contributed by atoms with E-state index in [9.17, 15) is 9.59 Å². The van der Waals surface area contributed by atoms with E-state index < -0.39 is 11.4 Å². The first-order valence-electron chi connectivity index (χ1n) is 8.92. The van der Waals surface area contributed by atoms with Gasteiger partial charge in [-0.1, -0.05) is 32.9 Å². The van der Waals surface area contributed by atoms with Gasteiger partial charge in [0.15, 0.2) is 5.78 Å². The van der Waals surface area contributed by atoms with E-state index in [4.69, 9.17) is 14.6 Å². The fraction of sp³-hybridized carbons (Fsp3) is 0.273. The monoisotopic (exact) mass is 398 g/mol. The Bertz CT molecular complexity index is 996. The van der Waals surface area contributed by atoms with Gasteiger partial charge in [-0.05, 0) is 36.4 Å². The van der Waals surface area contributed by atoms with Crippen molar-refractivity contribution in [2.45, 2.75) is 20.8 Å². The summed E-state index contributed by atoms with van der Waals surface area (Å²) in [5, 5.41) is 9.84. The number of benzene rings is 2. The molecule has 0 saturated carbocycles. The molecule has 1 N–H and O–H groups in total. The van der Waals surface area contributed by atoms with Gasteiger partial charge in [0.25, 0.3) is 0 Å². The number of hydrogen-bond acceptors (Lipinski definition) is 5.